The van der Waals surface area contributed by atoms with E-state index in [2.05, 4.69) is 48.7 Å². The van der Waals surface area contributed by atoms with Gasteiger partial charge in [-0.15, -0.1) is 0 Å². The SMILES string of the molecule is CC12OC(CCO[Si](C)(C)C(C)(C)C)(C[C@@H]1O)[C@H]1C(=O)N(c3ccc(C#N)c4nsnc34)C(=O)[C@H]12. The van der Waals surface area contributed by atoms with E-state index in [1.807, 2.05) is 0 Å². The Hall–Kier alpha value is -2.23. The summed E-state index contributed by atoms with van der Waals surface area (Å²) in [7, 11) is -2.03. The fraction of sp³-hybridized carbons (Fsp3) is 0.625. The summed E-state index contributed by atoms with van der Waals surface area (Å²) in [5.41, 5.74) is -0.756. The second-order valence-corrected chi connectivity index (χ2v) is 16.9. The number of benzene rings is 1. The number of rotatable bonds is 5. The van der Waals surface area contributed by atoms with E-state index < -0.39 is 43.4 Å². The average Bonchev–Trinajstić information content (AvgIpc) is 3.47. The van der Waals surface area contributed by atoms with Crippen molar-refractivity contribution >= 4 is 48.6 Å². The summed E-state index contributed by atoms with van der Waals surface area (Å²) in [6.07, 6.45) is -0.170. The molecule has 5 rings (SSSR count). The van der Waals surface area contributed by atoms with Crippen LogP contribution in [-0.4, -0.2) is 57.9 Å². The highest BCUT2D eigenvalue weighted by Gasteiger charge is 2.77. The predicted molar refractivity (Wildman–Crippen MR) is 132 cm³/mol. The van der Waals surface area contributed by atoms with Crippen LogP contribution in [0.4, 0.5) is 5.69 Å². The number of aliphatic hydroxyl groups excluding tert-OH is 1. The van der Waals surface area contributed by atoms with Crippen LogP contribution in [0.3, 0.4) is 0 Å². The van der Waals surface area contributed by atoms with Crippen molar-refractivity contribution in [2.45, 2.75) is 76.0 Å². The number of imide groups is 1. The minimum Gasteiger partial charge on any atom is -0.417 e. The molecule has 3 saturated heterocycles. The minimum absolute atomic E-state index is 0.0336. The van der Waals surface area contributed by atoms with Crippen LogP contribution in [0.1, 0.15) is 46.1 Å². The Balaban J connectivity index is 1.50. The molecule has 9 nitrogen and oxygen atoms in total. The molecule has 2 unspecified atom stereocenters. The Morgan fingerprint density at radius 3 is 2.57 bits per heavy atom. The van der Waals surface area contributed by atoms with Crippen LogP contribution in [0.15, 0.2) is 12.1 Å². The first-order valence-electron chi connectivity index (χ1n) is 11.8. The fourth-order valence-electron chi connectivity index (χ4n) is 5.68. The quantitative estimate of drug-likeness (QED) is 0.475. The van der Waals surface area contributed by atoms with Crippen molar-refractivity contribution in [1.82, 2.24) is 8.75 Å². The zero-order valence-corrected chi connectivity index (χ0v) is 22.6. The number of carbonyl (C=O) groups excluding carboxylic acids is 2. The molecule has 11 heteroatoms. The van der Waals surface area contributed by atoms with E-state index in [4.69, 9.17) is 9.16 Å². The molecule has 5 atom stereocenters. The lowest BCUT2D eigenvalue weighted by Crippen LogP contribution is -2.50. The van der Waals surface area contributed by atoms with Gasteiger partial charge in [0.2, 0.25) is 11.8 Å². The van der Waals surface area contributed by atoms with Crippen molar-refractivity contribution < 1.29 is 23.9 Å². The van der Waals surface area contributed by atoms with Crippen LogP contribution in [0.25, 0.3) is 11.0 Å². The van der Waals surface area contributed by atoms with E-state index in [9.17, 15) is 20.0 Å². The lowest BCUT2D eigenvalue weighted by molar-refractivity contribution is -0.134. The fourth-order valence-corrected chi connectivity index (χ4v) is 7.30. The van der Waals surface area contributed by atoms with Gasteiger partial charge in [0.1, 0.15) is 22.7 Å². The van der Waals surface area contributed by atoms with Gasteiger partial charge in [-0.3, -0.25) is 9.59 Å². The van der Waals surface area contributed by atoms with E-state index >= 15 is 0 Å². The maximum Gasteiger partial charge on any atom is 0.240 e. The average molecular weight is 515 g/mol. The van der Waals surface area contributed by atoms with Gasteiger partial charge in [-0.1, -0.05) is 20.8 Å². The second kappa shape index (κ2) is 7.63. The number of aliphatic hydroxyl groups is 1. The van der Waals surface area contributed by atoms with E-state index in [1.54, 1.807) is 19.1 Å². The number of hydrogen-bond donors (Lipinski definition) is 1. The monoisotopic (exact) mass is 514 g/mol. The highest BCUT2D eigenvalue weighted by Crippen LogP contribution is 2.62. The van der Waals surface area contributed by atoms with Gasteiger partial charge in [0.25, 0.3) is 0 Å². The lowest BCUT2D eigenvalue weighted by Gasteiger charge is -2.38. The van der Waals surface area contributed by atoms with Gasteiger partial charge in [-0.25, -0.2) is 4.90 Å². The Morgan fingerprint density at radius 2 is 1.91 bits per heavy atom. The summed E-state index contributed by atoms with van der Waals surface area (Å²) in [6.45, 7) is 12.9. The van der Waals surface area contributed by atoms with Crippen LogP contribution < -0.4 is 4.90 Å². The molecule has 2 amide bonds. The van der Waals surface area contributed by atoms with Crippen LogP contribution >= 0.6 is 11.7 Å². The lowest BCUT2D eigenvalue weighted by atomic mass is 9.66. The molecule has 2 aromatic rings. The third kappa shape index (κ3) is 3.27. The largest absolute Gasteiger partial charge is 0.417 e. The Morgan fingerprint density at radius 1 is 1.26 bits per heavy atom. The van der Waals surface area contributed by atoms with Gasteiger partial charge in [-0.2, -0.15) is 14.0 Å². The van der Waals surface area contributed by atoms with Gasteiger partial charge < -0.3 is 14.3 Å². The van der Waals surface area contributed by atoms with Crippen molar-refractivity contribution in [3.63, 3.8) is 0 Å². The molecule has 0 saturated carbocycles. The summed E-state index contributed by atoms with van der Waals surface area (Å²) in [5.74, 6) is -2.29. The second-order valence-electron chi connectivity index (χ2n) is 11.6. The van der Waals surface area contributed by atoms with Gasteiger partial charge >= 0.3 is 0 Å². The molecular formula is C24H30N4O5SSi. The molecule has 1 aromatic heterocycles. The zero-order valence-electron chi connectivity index (χ0n) is 20.8. The Kier molecular flexibility index (Phi) is 5.33. The third-order valence-corrected chi connectivity index (χ3v) is 13.7. The molecule has 1 N–H and O–H groups in total. The summed E-state index contributed by atoms with van der Waals surface area (Å²) in [5, 5.41) is 20.4. The van der Waals surface area contributed by atoms with Gasteiger partial charge in [0.05, 0.1) is 46.5 Å². The highest BCUT2D eigenvalue weighted by molar-refractivity contribution is 7.00. The topological polar surface area (TPSA) is 126 Å². The molecule has 3 fully saturated rings. The smallest absolute Gasteiger partial charge is 0.240 e. The molecule has 186 valence electrons. The van der Waals surface area contributed by atoms with Crippen molar-refractivity contribution in [3.05, 3.63) is 17.7 Å². The first kappa shape index (κ1) is 24.5. The van der Waals surface area contributed by atoms with Crippen molar-refractivity contribution in [3.8, 4) is 6.07 Å². The van der Waals surface area contributed by atoms with Crippen LogP contribution in [0.5, 0.6) is 0 Å². The van der Waals surface area contributed by atoms with Crippen molar-refractivity contribution in [1.29, 1.82) is 5.26 Å². The number of anilines is 1. The van der Waals surface area contributed by atoms with E-state index in [0.29, 0.717) is 35.3 Å². The summed E-state index contributed by atoms with van der Waals surface area (Å²) >= 11 is 0.929. The maximum absolute atomic E-state index is 13.9. The van der Waals surface area contributed by atoms with Crippen molar-refractivity contribution in [2.75, 3.05) is 11.5 Å². The van der Waals surface area contributed by atoms with Crippen LogP contribution in [-0.2, 0) is 18.8 Å². The van der Waals surface area contributed by atoms with Gasteiger partial charge in [0.15, 0.2) is 8.32 Å². The number of aromatic nitrogens is 2. The van der Waals surface area contributed by atoms with E-state index in [-0.39, 0.29) is 17.4 Å². The molecule has 0 radical (unpaired) electrons. The van der Waals surface area contributed by atoms with Gasteiger partial charge in [-0.05, 0) is 43.6 Å². The minimum atomic E-state index is -2.03. The Bertz CT molecular complexity index is 1280. The van der Waals surface area contributed by atoms with Gasteiger partial charge in [0, 0.05) is 13.0 Å². The number of carbonyl (C=O) groups is 2. The van der Waals surface area contributed by atoms with Crippen LogP contribution in [0, 0.1) is 23.2 Å². The molecule has 35 heavy (non-hydrogen) atoms. The Labute approximate surface area is 209 Å². The third-order valence-electron chi connectivity index (χ3n) is 8.66. The number of ether oxygens (including phenoxy) is 1. The standard InChI is InChI=1S/C24H30N4O5SSi/c1-22(2,3)35(5,6)32-10-9-24-11-15(29)23(4,33-24)16-17(24)21(31)28(20(16)30)14-8-7-13(12-25)18-19(14)27-34-26-18/h7-8,15-17,29H,9-11H2,1-6H3/t15-,16-,17+,23?,24?/m0/s1. The zero-order chi connectivity index (χ0) is 25.6. The number of amides is 2. The molecule has 3 aliphatic rings. The van der Waals surface area contributed by atoms with Crippen molar-refractivity contribution in [2.24, 2.45) is 11.8 Å². The molecular weight excluding hydrogens is 484 g/mol. The molecule has 2 bridgehead atoms. The normalized spacial score (nSPS) is 32.5. The maximum atomic E-state index is 13.9. The van der Waals surface area contributed by atoms with E-state index in [1.165, 1.54) is 4.90 Å². The summed E-state index contributed by atoms with van der Waals surface area (Å²) in [4.78, 5) is 28.8. The molecule has 4 heterocycles. The predicted octanol–water partition coefficient (Wildman–Crippen LogP) is 3.37. The first-order valence-corrected chi connectivity index (χ1v) is 15.5. The number of fused-ring (bicyclic) bond motifs is 6. The summed E-state index contributed by atoms with van der Waals surface area (Å²) in [6, 6.07) is 5.21. The molecule has 1 aromatic carbocycles. The van der Waals surface area contributed by atoms with Crippen LogP contribution in [0.2, 0.25) is 18.1 Å². The number of hydrogen-bond acceptors (Lipinski definition) is 9. The van der Waals surface area contributed by atoms with E-state index in [0.717, 1.165) is 11.7 Å². The summed E-state index contributed by atoms with van der Waals surface area (Å²) < 4.78 is 21.3. The molecule has 3 aliphatic heterocycles. The number of nitrogens with zero attached hydrogens (tertiary/aromatic N) is 4. The molecule has 0 aliphatic carbocycles. The number of nitriles is 1. The first-order chi connectivity index (χ1) is 16.3. The molecule has 0 spiro atoms. The highest BCUT2D eigenvalue weighted by atomic mass is 32.1.